The van der Waals surface area contributed by atoms with E-state index in [1.807, 2.05) is 6.92 Å². The molecule has 1 saturated heterocycles. The summed E-state index contributed by atoms with van der Waals surface area (Å²) in [5, 5.41) is 9.00. The van der Waals surface area contributed by atoms with Crippen molar-refractivity contribution in [2.45, 2.75) is 71.4 Å². The minimum absolute atomic E-state index is 0.00184. The van der Waals surface area contributed by atoms with E-state index in [4.69, 9.17) is 4.74 Å². The summed E-state index contributed by atoms with van der Waals surface area (Å²) in [5.74, 6) is -1.19. The SMILES string of the molecule is CC[C@@H]1OCC(=O)C1CNC(=O)[C@H](CC1(C)CCCC1)NC(=O)c1ccc2nc(NC(C)=O)sc2c1. The van der Waals surface area contributed by atoms with Crippen LogP contribution in [0.3, 0.4) is 0 Å². The van der Waals surface area contributed by atoms with Gasteiger partial charge in [-0.3, -0.25) is 19.2 Å². The predicted molar refractivity (Wildman–Crippen MR) is 138 cm³/mol. The summed E-state index contributed by atoms with van der Waals surface area (Å²) in [5.41, 5.74) is 1.07. The maximum absolute atomic E-state index is 13.3. The van der Waals surface area contributed by atoms with Crippen LogP contribution in [0.1, 0.15) is 69.7 Å². The molecule has 2 heterocycles. The number of ketones is 1. The molecule has 4 rings (SSSR count). The Morgan fingerprint density at radius 1 is 1.25 bits per heavy atom. The topological polar surface area (TPSA) is 126 Å². The van der Waals surface area contributed by atoms with Gasteiger partial charge in [0, 0.05) is 19.0 Å². The summed E-state index contributed by atoms with van der Waals surface area (Å²) in [6.07, 6.45) is 5.30. The number of rotatable bonds is 9. The second-order valence-corrected chi connectivity index (χ2v) is 11.2. The van der Waals surface area contributed by atoms with Crippen molar-refractivity contribution >= 4 is 50.2 Å². The number of fused-ring (bicyclic) bond motifs is 1. The molecule has 3 N–H and O–H groups in total. The number of anilines is 1. The average molecular weight is 515 g/mol. The number of Topliss-reactive ketones (excluding diaryl/α,β-unsaturated/α-hetero) is 1. The van der Waals surface area contributed by atoms with Crippen LogP contribution in [0.4, 0.5) is 5.13 Å². The Morgan fingerprint density at radius 2 is 2.00 bits per heavy atom. The number of amides is 3. The van der Waals surface area contributed by atoms with E-state index < -0.39 is 6.04 Å². The Labute approximate surface area is 214 Å². The molecule has 9 nitrogen and oxygen atoms in total. The monoisotopic (exact) mass is 514 g/mol. The van der Waals surface area contributed by atoms with Crippen molar-refractivity contribution in [3.05, 3.63) is 23.8 Å². The summed E-state index contributed by atoms with van der Waals surface area (Å²) in [4.78, 5) is 54.4. The third kappa shape index (κ3) is 6.10. The molecule has 1 unspecified atom stereocenters. The van der Waals surface area contributed by atoms with Gasteiger partial charge in [0.25, 0.3) is 5.91 Å². The molecule has 1 aliphatic heterocycles. The molecule has 2 aliphatic rings. The van der Waals surface area contributed by atoms with Gasteiger partial charge in [-0.25, -0.2) is 4.98 Å². The highest BCUT2D eigenvalue weighted by molar-refractivity contribution is 7.22. The number of hydrogen-bond acceptors (Lipinski definition) is 7. The largest absolute Gasteiger partial charge is 0.370 e. The van der Waals surface area contributed by atoms with E-state index in [2.05, 4.69) is 27.9 Å². The first-order valence-corrected chi connectivity index (χ1v) is 13.4. The number of benzene rings is 1. The molecule has 3 amide bonds. The van der Waals surface area contributed by atoms with E-state index in [-0.39, 0.29) is 54.1 Å². The smallest absolute Gasteiger partial charge is 0.251 e. The molecule has 3 atom stereocenters. The first-order valence-electron chi connectivity index (χ1n) is 12.6. The van der Waals surface area contributed by atoms with Gasteiger partial charge in [0.15, 0.2) is 10.9 Å². The third-order valence-corrected chi connectivity index (χ3v) is 8.20. The number of nitrogens with one attached hydrogen (secondary N) is 3. The lowest BCUT2D eigenvalue weighted by molar-refractivity contribution is -0.124. The molecule has 36 heavy (non-hydrogen) atoms. The van der Waals surface area contributed by atoms with Crippen LogP contribution >= 0.6 is 11.3 Å². The quantitative estimate of drug-likeness (QED) is 0.471. The van der Waals surface area contributed by atoms with Crippen LogP contribution < -0.4 is 16.0 Å². The van der Waals surface area contributed by atoms with Crippen molar-refractivity contribution in [3.8, 4) is 0 Å². The van der Waals surface area contributed by atoms with Crippen LogP contribution in [0.2, 0.25) is 0 Å². The molecule has 2 fully saturated rings. The number of hydrogen-bond donors (Lipinski definition) is 3. The van der Waals surface area contributed by atoms with E-state index in [0.29, 0.717) is 29.1 Å². The molecular formula is C26H34N4O5S. The highest BCUT2D eigenvalue weighted by Gasteiger charge is 2.37. The van der Waals surface area contributed by atoms with Crippen molar-refractivity contribution in [3.63, 3.8) is 0 Å². The summed E-state index contributed by atoms with van der Waals surface area (Å²) in [7, 11) is 0. The van der Waals surface area contributed by atoms with Crippen molar-refractivity contribution < 1.29 is 23.9 Å². The second kappa shape index (κ2) is 11.0. The van der Waals surface area contributed by atoms with Gasteiger partial charge in [-0.05, 0) is 49.3 Å². The van der Waals surface area contributed by atoms with Crippen LogP contribution in [-0.2, 0) is 19.1 Å². The van der Waals surface area contributed by atoms with E-state index >= 15 is 0 Å². The molecule has 0 spiro atoms. The van der Waals surface area contributed by atoms with Crippen LogP contribution in [0, 0.1) is 11.3 Å². The molecule has 2 aromatic rings. The molecule has 1 aromatic carbocycles. The zero-order valence-corrected chi connectivity index (χ0v) is 21.8. The minimum Gasteiger partial charge on any atom is -0.370 e. The maximum Gasteiger partial charge on any atom is 0.251 e. The van der Waals surface area contributed by atoms with E-state index in [1.165, 1.54) is 18.3 Å². The fraction of sp³-hybridized carbons (Fsp3) is 0.577. The zero-order valence-electron chi connectivity index (χ0n) is 21.0. The van der Waals surface area contributed by atoms with Gasteiger partial charge < -0.3 is 20.7 Å². The van der Waals surface area contributed by atoms with Crippen LogP contribution in [-0.4, -0.2) is 53.8 Å². The number of ether oxygens (including phenoxy) is 1. The van der Waals surface area contributed by atoms with E-state index in [0.717, 1.165) is 30.4 Å². The van der Waals surface area contributed by atoms with Gasteiger partial charge in [-0.1, -0.05) is 38.0 Å². The van der Waals surface area contributed by atoms with Crippen molar-refractivity contribution in [1.82, 2.24) is 15.6 Å². The number of nitrogens with zero attached hydrogens (tertiary/aromatic N) is 1. The number of aromatic nitrogens is 1. The summed E-state index contributed by atoms with van der Waals surface area (Å²) in [6, 6.07) is 4.41. The van der Waals surface area contributed by atoms with Crippen molar-refractivity contribution in [2.24, 2.45) is 11.3 Å². The first kappa shape index (κ1) is 26.2. The lowest BCUT2D eigenvalue weighted by atomic mass is 9.81. The predicted octanol–water partition coefficient (Wildman–Crippen LogP) is 3.43. The van der Waals surface area contributed by atoms with Crippen LogP contribution in [0.25, 0.3) is 10.2 Å². The molecule has 1 aliphatic carbocycles. The third-order valence-electron chi connectivity index (χ3n) is 7.26. The Hall–Kier alpha value is -2.85. The summed E-state index contributed by atoms with van der Waals surface area (Å²) >= 11 is 1.29. The second-order valence-electron chi connectivity index (χ2n) is 10.2. The van der Waals surface area contributed by atoms with Crippen LogP contribution in [0.15, 0.2) is 18.2 Å². The highest BCUT2D eigenvalue weighted by Crippen LogP contribution is 2.41. The minimum atomic E-state index is -0.717. The Kier molecular flexibility index (Phi) is 8.04. The number of thiazole rings is 1. The van der Waals surface area contributed by atoms with Gasteiger partial charge in [-0.15, -0.1) is 0 Å². The summed E-state index contributed by atoms with van der Waals surface area (Å²) < 4.78 is 6.29. The molecule has 0 radical (unpaired) electrons. The molecule has 10 heteroatoms. The lowest BCUT2D eigenvalue weighted by Gasteiger charge is -2.29. The maximum atomic E-state index is 13.3. The number of carbonyl (C=O) groups excluding carboxylic acids is 4. The van der Waals surface area contributed by atoms with Gasteiger partial charge in [0.05, 0.1) is 22.2 Å². The molecule has 194 valence electrons. The Balaban J connectivity index is 1.48. The fourth-order valence-electron chi connectivity index (χ4n) is 5.25. The fourth-order valence-corrected chi connectivity index (χ4v) is 6.20. The summed E-state index contributed by atoms with van der Waals surface area (Å²) in [6.45, 7) is 5.83. The first-order chi connectivity index (χ1) is 17.2. The molecule has 1 saturated carbocycles. The van der Waals surface area contributed by atoms with Gasteiger partial charge in [0.1, 0.15) is 12.6 Å². The van der Waals surface area contributed by atoms with Gasteiger partial charge >= 0.3 is 0 Å². The van der Waals surface area contributed by atoms with Gasteiger partial charge in [-0.2, -0.15) is 0 Å². The Bertz CT molecular complexity index is 1160. The van der Waals surface area contributed by atoms with E-state index in [1.54, 1.807) is 18.2 Å². The van der Waals surface area contributed by atoms with Crippen molar-refractivity contribution in [1.29, 1.82) is 0 Å². The lowest BCUT2D eigenvalue weighted by Crippen LogP contribution is -2.50. The van der Waals surface area contributed by atoms with Crippen LogP contribution in [0.5, 0.6) is 0 Å². The molecular weight excluding hydrogens is 480 g/mol. The standard InChI is InChI=1S/C26H34N4O5S/c1-4-21-17(20(32)14-35-21)13-27-24(34)19(12-26(3)9-5-6-10-26)29-23(33)16-7-8-18-22(11-16)36-25(30-18)28-15(2)31/h7-8,11,17,19,21H,4-6,9-10,12-14H2,1-3H3,(H,27,34)(H,29,33)(H,28,30,31)/t17?,19-,21-/m0/s1. The zero-order chi connectivity index (χ0) is 25.9. The average Bonchev–Trinajstić information content (AvgIpc) is 3.53. The molecule has 0 bridgehead atoms. The highest BCUT2D eigenvalue weighted by atomic mass is 32.1. The van der Waals surface area contributed by atoms with Crippen molar-refractivity contribution in [2.75, 3.05) is 18.5 Å². The normalized spacial score (nSPS) is 21.9. The molecule has 1 aromatic heterocycles. The van der Waals surface area contributed by atoms with Gasteiger partial charge in [0.2, 0.25) is 11.8 Å². The Morgan fingerprint density at radius 3 is 2.69 bits per heavy atom. The van der Waals surface area contributed by atoms with E-state index in [9.17, 15) is 19.2 Å². The number of carbonyl (C=O) groups is 4.